The lowest BCUT2D eigenvalue weighted by Crippen LogP contribution is -2.52. The molecule has 288 valence electrons. The summed E-state index contributed by atoms with van der Waals surface area (Å²) in [6.07, 6.45) is 13.4. The molecule has 1 aliphatic heterocycles. The molecule has 0 bridgehead atoms. The van der Waals surface area contributed by atoms with Crippen molar-refractivity contribution < 1.29 is 0 Å². The zero-order valence-electron chi connectivity index (χ0n) is 36.0. The van der Waals surface area contributed by atoms with E-state index in [9.17, 15) is 0 Å². The molecule has 2 saturated carbocycles. The lowest BCUT2D eigenvalue weighted by atomic mass is 9.61. The Morgan fingerprint density at radius 1 is 0.574 bits per heavy atom. The van der Waals surface area contributed by atoms with Gasteiger partial charge in [-0.1, -0.05) is 131 Å². The van der Waals surface area contributed by atoms with Gasteiger partial charge in [0.25, 0.3) is 0 Å². The molecule has 2 aliphatic carbocycles. The molecule has 2 fully saturated rings. The fourth-order valence-electron chi connectivity index (χ4n) is 10.3. The van der Waals surface area contributed by atoms with Gasteiger partial charge in [0.2, 0.25) is 0 Å². The summed E-state index contributed by atoms with van der Waals surface area (Å²) in [6.45, 7) is 28.5. The van der Waals surface area contributed by atoms with Crippen molar-refractivity contribution in [3.05, 3.63) is 112 Å². The van der Waals surface area contributed by atoms with Crippen LogP contribution in [0.2, 0.25) is 0 Å². The zero-order chi connectivity index (χ0) is 38.8. The largest absolute Gasteiger partial charge is 0.335 e. The van der Waals surface area contributed by atoms with Crippen LogP contribution in [0.5, 0.6) is 0 Å². The van der Waals surface area contributed by atoms with Gasteiger partial charge in [0.1, 0.15) is 0 Å². The third-order valence-electron chi connectivity index (χ3n) is 13.7. The average molecular weight is 723 g/mol. The molecule has 54 heavy (non-hydrogen) atoms. The first-order chi connectivity index (χ1) is 25.3. The monoisotopic (exact) mass is 723 g/mol. The minimum atomic E-state index is -0.0610. The Morgan fingerprint density at radius 3 is 1.76 bits per heavy atom. The molecule has 1 heterocycles. The fourth-order valence-corrected chi connectivity index (χ4v) is 10.3. The van der Waals surface area contributed by atoms with Crippen LogP contribution in [0.4, 0.5) is 28.4 Å². The summed E-state index contributed by atoms with van der Waals surface area (Å²) in [6, 6.07) is 31.8. The van der Waals surface area contributed by atoms with Gasteiger partial charge in [-0.15, -0.1) is 0 Å². The molecule has 0 radical (unpaired) electrons. The SMILES string of the molecule is Cc1cc(N(c2cccc(C(C)(C)C)c2)c2cc(C(C)(C)C)cc(C(C)(C)C)c2)cc(N2c3ccc(C4CCCCC4)cc3C3(CCCCC3)C2(C)C)c1. The Bertz CT molecular complexity index is 1950. The van der Waals surface area contributed by atoms with Crippen molar-refractivity contribution in [3.63, 3.8) is 0 Å². The number of rotatable bonds is 5. The molecular formula is C52H70N2. The highest BCUT2D eigenvalue weighted by Gasteiger charge is 2.57. The van der Waals surface area contributed by atoms with Gasteiger partial charge in [0.15, 0.2) is 0 Å². The Labute approximate surface area is 329 Å². The summed E-state index contributed by atoms with van der Waals surface area (Å²) in [7, 11) is 0. The van der Waals surface area contributed by atoms with Crippen molar-refractivity contribution in [1.82, 2.24) is 0 Å². The molecule has 4 aromatic carbocycles. The maximum Gasteiger partial charge on any atom is 0.0492 e. The van der Waals surface area contributed by atoms with E-state index in [0.29, 0.717) is 5.92 Å². The predicted molar refractivity (Wildman–Crippen MR) is 235 cm³/mol. The topological polar surface area (TPSA) is 6.48 Å². The second-order valence-corrected chi connectivity index (χ2v) is 21.1. The lowest BCUT2D eigenvalue weighted by Gasteiger charge is -2.49. The summed E-state index contributed by atoms with van der Waals surface area (Å²) in [5, 5.41) is 0. The van der Waals surface area contributed by atoms with Gasteiger partial charge < -0.3 is 9.80 Å². The first-order valence-electron chi connectivity index (χ1n) is 21.4. The van der Waals surface area contributed by atoms with E-state index >= 15 is 0 Å². The summed E-state index contributed by atoms with van der Waals surface area (Å²) < 4.78 is 0. The standard InChI is InChI=1S/C52H70N2/c1-36-28-43(53(42-23-19-22-39(32-42)48(2,3)4)44-33-40(49(5,6)7)31-41(34-44)50(8,9)10)35-45(29-36)54-47-25-24-38(37-20-15-13-16-21-37)30-46(47)52(51(54,11)12)26-17-14-18-27-52/h19,22-25,28-35,37H,13-18,20-21,26-27H2,1-12H3. The van der Waals surface area contributed by atoms with E-state index in [-0.39, 0.29) is 27.2 Å². The lowest BCUT2D eigenvalue weighted by molar-refractivity contribution is 0.199. The molecule has 0 aromatic heterocycles. The Kier molecular flexibility index (Phi) is 9.97. The van der Waals surface area contributed by atoms with E-state index in [1.165, 1.54) is 115 Å². The molecular weight excluding hydrogens is 653 g/mol. The summed E-state index contributed by atoms with van der Waals surface area (Å²) in [4.78, 5) is 5.33. The van der Waals surface area contributed by atoms with Gasteiger partial charge in [-0.2, -0.15) is 0 Å². The molecule has 2 nitrogen and oxygen atoms in total. The highest BCUT2D eigenvalue weighted by Crippen LogP contribution is 2.61. The average Bonchev–Trinajstić information content (AvgIpc) is 3.29. The Balaban J connectivity index is 1.44. The van der Waals surface area contributed by atoms with Gasteiger partial charge in [-0.05, 0) is 151 Å². The van der Waals surface area contributed by atoms with E-state index in [0.717, 1.165) is 0 Å². The van der Waals surface area contributed by atoms with E-state index < -0.39 is 0 Å². The van der Waals surface area contributed by atoms with Crippen molar-refractivity contribution in [2.75, 3.05) is 9.80 Å². The minimum Gasteiger partial charge on any atom is -0.335 e. The number of hydrogen-bond donors (Lipinski definition) is 0. The van der Waals surface area contributed by atoms with Crippen LogP contribution in [-0.4, -0.2) is 5.54 Å². The molecule has 4 aromatic rings. The molecule has 0 N–H and O–H groups in total. The third-order valence-corrected chi connectivity index (χ3v) is 13.7. The highest BCUT2D eigenvalue weighted by molar-refractivity contribution is 5.84. The van der Waals surface area contributed by atoms with Crippen LogP contribution >= 0.6 is 0 Å². The minimum absolute atomic E-state index is 0.0147. The van der Waals surface area contributed by atoms with Crippen LogP contribution in [0.3, 0.4) is 0 Å². The first-order valence-corrected chi connectivity index (χ1v) is 21.4. The number of hydrogen-bond acceptors (Lipinski definition) is 2. The van der Waals surface area contributed by atoms with Gasteiger partial charge >= 0.3 is 0 Å². The first kappa shape index (κ1) is 38.7. The van der Waals surface area contributed by atoms with Crippen LogP contribution < -0.4 is 9.80 Å². The van der Waals surface area contributed by atoms with Crippen molar-refractivity contribution in [1.29, 1.82) is 0 Å². The van der Waals surface area contributed by atoms with Crippen LogP contribution in [0.15, 0.2) is 78.9 Å². The van der Waals surface area contributed by atoms with Crippen molar-refractivity contribution in [3.8, 4) is 0 Å². The maximum atomic E-state index is 2.77. The smallest absolute Gasteiger partial charge is 0.0492 e. The predicted octanol–water partition coefficient (Wildman–Crippen LogP) is 15.5. The third kappa shape index (κ3) is 7.05. The molecule has 1 spiro atoms. The number of fused-ring (bicyclic) bond motifs is 2. The number of aryl methyl sites for hydroxylation is 1. The summed E-state index contributed by atoms with van der Waals surface area (Å²) in [5.74, 6) is 0.715. The number of benzene rings is 4. The molecule has 0 amide bonds. The highest BCUT2D eigenvalue weighted by atomic mass is 15.3. The molecule has 0 saturated heterocycles. The van der Waals surface area contributed by atoms with Gasteiger partial charge in [0.05, 0.1) is 0 Å². The van der Waals surface area contributed by atoms with E-state index in [4.69, 9.17) is 0 Å². The quantitative estimate of drug-likeness (QED) is 0.202. The fraction of sp³-hybridized carbons (Fsp3) is 0.538. The number of anilines is 5. The van der Waals surface area contributed by atoms with Gasteiger partial charge in [-0.3, -0.25) is 0 Å². The van der Waals surface area contributed by atoms with Crippen LogP contribution in [0.1, 0.15) is 180 Å². The van der Waals surface area contributed by atoms with Crippen molar-refractivity contribution in [2.24, 2.45) is 0 Å². The molecule has 0 atom stereocenters. The second kappa shape index (κ2) is 13.9. The molecule has 0 unspecified atom stereocenters. The van der Waals surface area contributed by atoms with E-state index in [2.05, 4.69) is 172 Å². The summed E-state index contributed by atoms with van der Waals surface area (Å²) >= 11 is 0. The normalized spacial score (nSPS) is 18.9. The van der Waals surface area contributed by atoms with Gasteiger partial charge in [-0.25, -0.2) is 0 Å². The number of nitrogens with zero attached hydrogens (tertiary/aromatic N) is 2. The Morgan fingerprint density at radius 2 is 1.15 bits per heavy atom. The zero-order valence-corrected chi connectivity index (χ0v) is 36.0. The summed E-state index contributed by atoms with van der Waals surface area (Å²) in [5.41, 5.74) is 15.2. The van der Waals surface area contributed by atoms with E-state index in [1.54, 1.807) is 11.1 Å². The van der Waals surface area contributed by atoms with Crippen LogP contribution in [-0.2, 0) is 21.7 Å². The maximum absolute atomic E-state index is 2.77. The van der Waals surface area contributed by atoms with Crippen molar-refractivity contribution in [2.45, 2.75) is 180 Å². The van der Waals surface area contributed by atoms with E-state index in [1.807, 2.05) is 0 Å². The van der Waals surface area contributed by atoms with Crippen molar-refractivity contribution >= 4 is 28.4 Å². The van der Waals surface area contributed by atoms with Crippen LogP contribution in [0, 0.1) is 6.92 Å². The Hall–Kier alpha value is -3.52. The molecule has 2 heteroatoms. The van der Waals surface area contributed by atoms with Gasteiger partial charge in [0, 0.05) is 39.4 Å². The van der Waals surface area contributed by atoms with Crippen LogP contribution in [0.25, 0.3) is 0 Å². The molecule has 7 rings (SSSR count). The second-order valence-electron chi connectivity index (χ2n) is 21.1. The molecule has 3 aliphatic rings.